The number of hydrogen-bond acceptors (Lipinski definition) is 11. The number of nitrogens with two attached hydrogens (primary N) is 2. The Kier molecular flexibility index (Phi) is 8.50. The molecule has 2 saturated heterocycles. The van der Waals surface area contributed by atoms with Crippen LogP contribution in [0.2, 0.25) is 0 Å². The van der Waals surface area contributed by atoms with Crippen molar-refractivity contribution in [2.24, 2.45) is 0 Å². The maximum Gasteiger partial charge on any atom is 0.318 e. The molecular formula is C37H37F3N8O2S. The number of thiophene rings is 1. The lowest BCUT2D eigenvalue weighted by Gasteiger charge is -2.30. The molecule has 264 valence electrons. The summed E-state index contributed by atoms with van der Waals surface area (Å²) in [7, 11) is 1.42. The second kappa shape index (κ2) is 13.0. The highest BCUT2D eigenvalue weighted by Crippen LogP contribution is 2.56. The number of pyridine rings is 1. The van der Waals surface area contributed by atoms with Crippen LogP contribution in [-0.4, -0.2) is 65.4 Å². The first-order valence-electron chi connectivity index (χ1n) is 17.2. The van der Waals surface area contributed by atoms with E-state index < -0.39 is 17.8 Å². The van der Waals surface area contributed by atoms with Gasteiger partial charge in [-0.15, -0.1) is 11.3 Å². The van der Waals surface area contributed by atoms with Crippen LogP contribution in [0.3, 0.4) is 0 Å². The highest BCUT2D eigenvalue weighted by atomic mass is 32.1. The van der Waals surface area contributed by atoms with Crippen LogP contribution in [0, 0.1) is 23.0 Å². The van der Waals surface area contributed by atoms with Gasteiger partial charge in [0.05, 0.1) is 35.3 Å². The van der Waals surface area contributed by atoms with Crippen molar-refractivity contribution >= 4 is 49.0 Å². The van der Waals surface area contributed by atoms with Crippen LogP contribution in [0.4, 0.5) is 29.8 Å². The maximum atomic E-state index is 17.1. The summed E-state index contributed by atoms with van der Waals surface area (Å²) in [6, 6.07) is 8.89. The van der Waals surface area contributed by atoms with Crippen LogP contribution >= 0.6 is 11.3 Å². The van der Waals surface area contributed by atoms with Crippen molar-refractivity contribution in [1.82, 2.24) is 19.9 Å². The zero-order valence-corrected chi connectivity index (χ0v) is 29.1. The number of nitrogen functional groups attached to an aromatic ring is 2. The van der Waals surface area contributed by atoms with E-state index in [9.17, 15) is 14.0 Å². The minimum Gasteiger partial charge on any atom is -0.491 e. The zero-order valence-electron chi connectivity index (χ0n) is 28.3. The van der Waals surface area contributed by atoms with Crippen LogP contribution < -0.4 is 25.8 Å². The topological polar surface area (TPSA) is 139 Å². The number of methoxy groups -OCH3 is 1. The fraction of sp³-hybridized carbons (Fsp3) is 0.405. The summed E-state index contributed by atoms with van der Waals surface area (Å²) in [5.41, 5.74) is 14.5. The molecule has 1 aliphatic carbocycles. The predicted molar refractivity (Wildman–Crippen MR) is 192 cm³/mol. The van der Waals surface area contributed by atoms with Gasteiger partial charge in [0.2, 0.25) is 0 Å². The molecule has 51 heavy (non-hydrogen) atoms. The van der Waals surface area contributed by atoms with Gasteiger partial charge in [-0.05, 0) is 69.2 Å². The molecule has 3 atom stereocenters. The molecule has 0 radical (unpaired) electrons. The van der Waals surface area contributed by atoms with Gasteiger partial charge in [-0.25, -0.2) is 18.2 Å². The third kappa shape index (κ3) is 5.63. The average Bonchev–Trinajstić information content (AvgIpc) is 3.70. The molecular weight excluding hydrogens is 678 g/mol. The van der Waals surface area contributed by atoms with E-state index in [1.165, 1.54) is 32.1 Å². The summed E-state index contributed by atoms with van der Waals surface area (Å²) in [5, 5.41) is 10.8. The molecule has 0 bridgehead atoms. The Balaban J connectivity index is 0.000000359. The number of alkyl halides is 1. The van der Waals surface area contributed by atoms with Crippen LogP contribution in [0.15, 0.2) is 30.5 Å². The standard InChI is InChI=1S/C30H25F2N7O2S.C7H12FN/c1-13(15-4-3-9-36-27(15)34)39-10-11-41-25-19(14-5-6-14)21(23(32)24-22(25)29(39)38-30(37-24)40-2)16-7-8-18(31)26-20(16)17(12-33)28(35)42-26;8-6-4-7-2-1-3-9(7)5-6/h3-4,7-9,13-14H,5-6,10-11,35H2,1-2H3,(H2,34,36);6-7H,1-5H2. The summed E-state index contributed by atoms with van der Waals surface area (Å²) in [6.07, 6.45) is 6.10. The first-order valence-corrected chi connectivity index (χ1v) is 18.0. The van der Waals surface area contributed by atoms with Crippen molar-refractivity contribution in [2.45, 2.75) is 63.2 Å². The first-order chi connectivity index (χ1) is 24.7. The number of halogens is 3. The van der Waals surface area contributed by atoms with E-state index in [-0.39, 0.29) is 56.3 Å². The molecule has 4 aliphatic rings. The van der Waals surface area contributed by atoms with Gasteiger partial charge in [0.25, 0.3) is 0 Å². The summed E-state index contributed by atoms with van der Waals surface area (Å²) >= 11 is 0.973. The largest absolute Gasteiger partial charge is 0.491 e. The molecule has 3 unspecified atom stereocenters. The van der Waals surface area contributed by atoms with Gasteiger partial charge in [-0.3, -0.25) is 4.90 Å². The number of aromatic nitrogens is 3. The second-order valence-electron chi connectivity index (χ2n) is 13.5. The Labute approximate surface area is 296 Å². The third-order valence-electron chi connectivity index (χ3n) is 10.5. The van der Waals surface area contributed by atoms with Gasteiger partial charge < -0.3 is 25.8 Å². The summed E-state index contributed by atoms with van der Waals surface area (Å²) < 4.78 is 56.8. The molecule has 5 aromatic rings. The van der Waals surface area contributed by atoms with Gasteiger partial charge in [0.15, 0.2) is 5.82 Å². The fourth-order valence-corrected chi connectivity index (χ4v) is 8.92. The second-order valence-corrected chi connectivity index (χ2v) is 14.6. The molecule has 3 aliphatic heterocycles. The van der Waals surface area contributed by atoms with Gasteiger partial charge in [0, 0.05) is 40.9 Å². The number of rotatable bonds is 5. The molecule has 4 N–H and O–H groups in total. The summed E-state index contributed by atoms with van der Waals surface area (Å²) in [5.74, 6) is 0.169. The van der Waals surface area contributed by atoms with E-state index in [0.29, 0.717) is 53.0 Å². The molecule has 2 aromatic carbocycles. The van der Waals surface area contributed by atoms with Gasteiger partial charge in [0.1, 0.15) is 52.6 Å². The Morgan fingerprint density at radius 3 is 2.67 bits per heavy atom. The molecule has 14 heteroatoms. The SMILES string of the molecule is COc1nc2c3c(c(C4CC4)c(-c4ccc(F)c5sc(N)c(C#N)c45)c(F)c3n1)OCCN2C(C)c1cccnc1N.FC1CC2CCCN2C1. The molecule has 0 amide bonds. The predicted octanol–water partition coefficient (Wildman–Crippen LogP) is 7.26. The van der Waals surface area contributed by atoms with Crippen LogP contribution in [0.25, 0.3) is 32.1 Å². The zero-order chi connectivity index (χ0) is 35.6. The van der Waals surface area contributed by atoms with E-state index in [1.54, 1.807) is 6.20 Å². The molecule has 6 heterocycles. The van der Waals surface area contributed by atoms with Gasteiger partial charge in [-0.2, -0.15) is 15.2 Å². The minimum absolute atomic E-state index is 0.00316. The lowest BCUT2D eigenvalue weighted by Crippen LogP contribution is -2.31. The molecule has 0 spiro atoms. The van der Waals surface area contributed by atoms with Crippen molar-refractivity contribution in [3.8, 4) is 29.0 Å². The smallest absolute Gasteiger partial charge is 0.318 e. The van der Waals surface area contributed by atoms with Crippen molar-refractivity contribution in [1.29, 1.82) is 5.26 Å². The first kappa shape index (κ1) is 33.3. The molecule has 9 rings (SSSR count). The molecule has 1 saturated carbocycles. The Morgan fingerprint density at radius 2 is 1.94 bits per heavy atom. The van der Waals surface area contributed by atoms with E-state index in [0.717, 1.165) is 42.7 Å². The molecule has 10 nitrogen and oxygen atoms in total. The van der Waals surface area contributed by atoms with Crippen molar-refractivity contribution < 1.29 is 22.6 Å². The molecule has 3 fully saturated rings. The number of nitrogens with zero attached hydrogens (tertiary/aromatic N) is 6. The number of nitriles is 1. The normalized spacial score (nSPS) is 20.4. The highest BCUT2D eigenvalue weighted by molar-refractivity contribution is 7.23. The Bertz CT molecular complexity index is 2210. The summed E-state index contributed by atoms with van der Waals surface area (Å²) in [4.78, 5) is 17.7. The number of anilines is 3. The monoisotopic (exact) mass is 714 g/mol. The van der Waals surface area contributed by atoms with Crippen molar-refractivity contribution in [2.75, 3.05) is 49.7 Å². The number of fused-ring (bicyclic) bond motifs is 2. The Morgan fingerprint density at radius 1 is 1.12 bits per heavy atom. The van der Waals surface area contributed by atoms with E-state index in [4.69, 9.17) is 25.9 Å². The highest BCUT2D eigenvalue weighted by Gasteiger charge is 2.39. The number of benzene rings is 2. The minimum atomic E-state index is -0.627. The van der Waals surface area contributed by atoms with Gasteiger partial charge in [-0.1, -0.05) is 12.1 Å². The number of ether oxygens (including phenoxy) is 2. The van der Waals surface area contributed by atoms with E-state index >= 15 is 4.39 Å². The fourth-order valence-electron chi connectivity index (χ4n) is 7.97. The lowest BCUT2D eigenvalue weighted by atomic mass is 9.90. The maximum absolute atomic E-state index is 17.1. The van der Waals surface area contributed by atoms with Crippen LogP contribution in [0.5, 0.6) is 11.8 Å². The van der Waals surface area contributed by atoms with E-state index in [2.05, 4.69) is 20.9 Å². The number of hydrogen-bond donors (Lipinski definition) is 2. The van der Waals surface area contributed by atoms with Crippen LogP contribution in [0.1, 0.15) is 67.7 Å². The Hall–Kier alpha value is -4.87. The molecule has 3 aromatic heterocycles. The van der Waals surface area contributed by atoms with Gasteiger partial charge >= 0.3 is 6.01 Å². The average molecular weight is 715 g/mol. The third-order valence-corrected chi connectivity index (χ3v) is 11.5. The van der Waals surface area contributed by atoms with E-state index in [1.807, 2.05) is 24.0 Å². The van der Waals surface area contributed by atoms with Crippen molar-refractivity contribution in [3.63, 3.8) is 0 Å². The van der Waals surface area contributed by atoms with Crippen molar-refractivity contribution in [3.05, 3.63) is 58.8 Å². The van der Waals surface area contributed by atoms with Crippen LogP contribution in [-0.2, 0) is 0 Å². The summed E-state index contributed by atoms with van der Waals surface area (Å²) in [6.45, 7) is 4.53. The lowest BCUT2D eigenvalue weighted by molar-refractivity contribution is 0.292. The quantitative estimate of drug-likeness (QED) is 0.191.